The number of aromatic amines is 1. The monoisotopic (exact) mass is 499 g/mol. The summed E-state index contributed by atoms with van der Waals surface area (Å²) in [5.74, 6) is 1.27. The third-order valence-corrected chi connectivity index (χ3v) is 6.21. The van der Waals surface area contributed by atoms with Gasteiger partial charge in [-0.05, 0) is 30.7 Å². The molecule has 1 fully saturated rings. The Kier molecular flexibility index (Phi) is 6.72. The van der Waals surface area contributed by atoms with Crippen molar-refractivity contribution < 1.29 is 22.3 Å². The van der Waals surface area contributed by atoms with Crippen LogP contribution in [-0.2, 0) is 28.7 Å². The molecule has 1 aliphatic rings. The molecule has 1 aliphatic heterocycles. The summed E-state index contributed by atoms with van der Waals surface area (Å²) in [7, 11) is -1.26. The van der Waals surface area contributed by atoms with E-state index in [4.69, 9.17) is 13.9 Å². The second kappa shape index (κ2) is 10.1. The molecule has 13 heteroatoms. The molecule has 2 N–H and O–H groups in total. The molecule has 1 aromatic carbocycles. The maximum absolute atomic E-state index is 11.0. The van der Waals surface area contributed by atoms with Gasteiger partial charge >= 0.3 is 0 Å². The van der Waals surface area contributed by atoms with Crippen molar-refractivity contribution in [1.29, 1.82) is 0 Å². The normalized spacial score (nSPS) is 16.8. The summed E-state index contributed by atoms with van der Waals surface area (Å²) in [5.41, 5.74) is 3.72. The number of pyridine rings is 1. The Morgan fingerprint density at radius 2 is 2.11 bits per heavy atom. The number of H-pyrrole nitrogens is 1. The molecule has 0 bridgehead atoms. The van der Waals surface area contributed by atoms with Gasteiger partial charge in [-0.15, -0.1) is 10.2 Å². The van der Waals surface area contributed by atoms with Crippen LogP contribution in [0, 0.1) is 0 Å². The standard InChI is InChI=1S/C22H25N7O5S/c1-13-11-29(3-4-33-13)12-20-27-28-22(34-20)17-6-14(7-19-18(17)10-24-26-19)15-5-16(9-25-35(30)31)21(32-2)23-8-15/h5-8,10,13,35H,3-4,9,11-12H2,1-2H3,(H,24,26)(H,25,30,31). The minimum Gasteiger partial charge on any atom is -0.481 e. The number of aromatic nitrogens is 5. The van der Waals surface area contributed by atoms with Gasteiger partial charge in [-0.2, -0.15) is 5.10 Å². The maximum Gasteiger partial charge on any atom is 0.248 e. The summed E-state index contributed by atoms with van der Waals surface area (Å²) in [6.45, 7) is 4.96. The number of hydrogen-bond donors (Lipinski definition) is 3. The van der Waals surface area contributed by atoms with Gasteiger partial charge in [0, 0.05) is 42.3 Å². The first-order chi connectivity index (χ1) is 17.0. The Hall–Kier alpha value is -3.39. The zero-order chi connectivity index (χ0) is 24.4. The van der Waals surface area contributed by atoms with Crippen molar-refractivity contribution in [3.05, 3.63) is 42.0 Å². The average Bonchev–Trinajstić information content (AvgIpc) is 3.51. The molecule has 1 saturated heterocycles. The van der Waals surface area contributed by atoms with Crippen LogP contribution in [0.2, 0.25) is 0 Å². The van der Waals surface area contributed by atoms with Crippen LogP contribution >= 0.6 is 0 Å². The second-order valence-corrected chi connectivity index (χ2v) is 9.09. The van der Waals surface area contributed by atoms with Gasteiger partial charge in [-0.1, -0.05) is 0 Å². The van der Waals surface area contributed by atoms with E-state index in [9.17, 15) is 8.42 Å². The molecular weight excluding hydrogens is 474 g/mol. The molecule has 12 nitrogen and oxygen atoms in total. The van der Waals surface area contributed by atoms with Crippen molar-refractivity contribution in [3.8, 4) is 28.5 Å². The van der Waals surface area contributed by atoms with E-state index in [1.165, 1.54) is 7.11 Å². The fourth-order valence-corrected chi connectivity index (χ4v) is 4.46. The summed E-state index contributed by atoms with van der Waals surface area (Å²) in [6, 6.07) is 5.70. The van der Waals surface area contributed by atoms with Crippen LogP contribution in [0.3, 0.4) is 0 Å². The lowest BCUT2D eigenvalue weighted by atomic mass is 10.0. The van der Waals surface area contributed by atoms with Gasteiger partial charge in [-0.25, -0.2) is 18.1 Å². The zero-order valence-corrected chi connectivity index (χ0v) is 20.1. The molecule has 0 radical (unpaired) electrons. The minimum atomic E-state index is -2.75. The number of thiol groups is 1. The number of morpholine rings is 1. The van der Waals surface area contributed by atoms with Crippen LogP contribution in [-0.4, -0.2) is 71.6 Å². The SMILES string of the molecule is COc1ncc(-c2cc(-c3nnc(CN4CCOC(C)C4)o3)c3cn[nH]c3c2)cc1CN[SH](=O)=O. The van der Waals surface area contributed by atoms with E-state index in [2.05, 4.69) is 35.0 Å². The van der Waals surface area contributed by atoms with Gasteiger partial charge < -0.3 is 13.9 Å². The van der Waals surface area contributed by atoms with E-state index < -0.39 is 10.9 Å². The first-order valence-electron chi connectivity index (χ1n) is 11.0. The number of benzene rings is 1. The Labute approximate surface area is 202 Å². The van der Waals surface area contributed by atoms with E-state index in [1.54, 1.807) is 12.4 Å². The van der Waals surface area contributed by atoms with Gasteiger partial charge in [0.25, 0.3) is 0 Å². The number of ether oxygens (including phenoxy) is 2. The highest BCUT2D eigenvalue weighted by molar-refractivity contribution is 7.70. The molecule has 0 spiro atoms. The summed E-state index contributed by atoms with van der Waals surface area (Å²) in [5, 5.41) is 16.6. The largest absolute Gasteiger partial charge is 0.481 e. The van der Waals surface area contributed by atoms with Gasteiger partial charge in [0.1, 0.15) is 0 Å². The number of methoxy groups -OCH3 is 1. The lowest BCUT2D eigenvalue weighted by Crippen LogP contribution is -2.40. The zero-order valence-electron chi connectivity index (χ0n) is 19.2. The molecule has 0 saturated carbocycles. The summed E-state index contributed by atoms with van der Waals surface area (Å²) < 4.78 is 41.3. The van der Waals surface area contributed by atoms with Crippen LogP contribution in [0.25, 0.3) is 33.5 Å². The predicted molar refractivity (Wildman–Crippen MR) is 127 cm³/mol. The van der Waals surface area contributed by atoms with Crippen molar-refractivity contribution in [2.45, 2.75) is 26.1 Å². The van der Waals surface area contributed by atoms with Gasteiger partial charge in [0.2, 0.25) is 28.6 Å². The lowest BCUT2D eigenvalue weighted by molar-refractivity contribution is -0.0235. The summed E-state index contributed by atoms with van der Waals surface area (Å²) in [6.07, 6.45) is 3.55. The Morgan fingerprint density at radius 3 is 2.91 bits per heavy atom. The van der Waals surface area contributed by atoms with E-state index in [0.717, 1.165) is 40.7 Å². The topological polar surface area (TPSA) is 148 Å². The lowest BCUT2D eigenvalue weighted by Gasteiger charge is -2.29. The second-order valence-electron chi connectivity index (χ2n) is 8.26. The fraction of sp³-hybridized carbons (Fsp3) is 0.364. The Balaban J connectivity index is 1.48. The van der Waals surface area contributed by atoms with Crippen LogP contribution in [0.4, 0.5) is 0 Å². The highest BCUT2D eigenvalue weighted by Crippen LogP contribution is 2.34. The van der Waals surface area contributed by atoms with Gasteiger partial charge in [0.15, 0.2) is 0 Å². The summed E-state index contributed by atoms with van der Waals surface area (Å²) >= 11 is 0. The number of nitrogens with one attached hydrogen (secondary N) is 2. The van der Waals surface area contributed by atoms with Crippen LogP contribution in [0.1, 0.15) is 18.4 Å². The van der Waals surface area contributed by atoms with E-state index in [-0.39, 0.29) is 12.6 Å². The quantitative estimate of drug-likeness (QED) is 0.305. The highest BCUT2D eigenvalue weighted by Gasteiger charge is 2.21. The minimum absolute atomic E-state index is 0.0645. The molecule has 5 rings (SSSR count). The van der Waals surface area contributed by atoms with Crippen LogP contribution < -0.4 is 9.46 Å². The third kappa shape index (κ3) is 5.17. The molecule has 184 valence electrons. The van der Waals surface area contributed by atoms with Crippen molar-refractivity contribution in [1.82, 2.24) is 35.0 Å². The number of hydrogen-bond acceptors (Lipinski definition) is 10. The summed E-state index contributed by atoms with van der Waals surface area (Å²) in [4.78, 5) is 6.57. The van der Waals surface area contributed by atoms with Gasteiger partial charge in [-0.3, -0.25) is 10.00 Å². The van der Waals surface area contributed by atoms with E-state index >= 15 is 0 Å². The molecule has 1 atom stereocenters. The van der Waals surface area contributed by atoms with Crippen LogP contribution in [0.15, 0.2) is 35.0 Å². The smallest absolute Gasteiger partial charge is 0.248 e. The number of nitrogens with zero attached hydrogens (tertiary/aromatic N) is 5. The average molecular weight is 500 g/mol. The number of rotatable bonds is 8. The predicted octanol–water partition coefficient (Wildman–Crippen LogP) is 1.52. The molecule has 35 heavy (non-hydrogen) atoms. The molecule has 0 aliphatic carbocycles. The molecular formula is C22H25N7O5S. The molecule has 0 amide bonds. The maximum atomic E-state index is 11.0. The Morgan fingerprint density at radius 1 is 1.23 bits per heavy atom. The Bertz CT molecular complexity index is 1410. The van der Waals surface area contributed by atoms with E-state index in [0.29, 0.717) is 36.4 Å². The number of fused-ring (bicyclic) bond motifs is 1. The molecule has 4 aromatic rings. The molecule has 4 heterocycles. The van der Waals surface area contributed by atoms with Crippen molar-refractivity contribution in [3.63, 3.8) is 0 Å². The molecule has 3 aromatic heterocycles. The van der Waals surface area contributed by atoms with Crippen molar-refractivity contribution in [2.75, 3.05) is 26.8 Å². The third-order valence-electron chi connectivity index (χ3n) is 5.79. The fourth-order valence-electron chi connectivity index (χ4n) is 4.16. The highest BCUT2D eigenvalue weighted by atomic mass is 32.2. The first-order valence-corrected chi connectivity index (χ1v) is 12.2. The van der Waals surface area contributed by atoms with Gasteiger partial charge in [0.05, 0.1) is 43.6 Å². The van der Waals surface area contributed by atoms with Crippen molar-refractivity contribution in [2.24, 2.45) is 0 Å². The van der Waals surface area contributed by atoms with Crippen molar-refractivity contribution >= 4 is 21.8 Å². The van der Waals surface area contributed by atoms with E-state index in [1.807, 2.05) is 25.1 Å². The van der Waals surface area contributed by atoms with Crippen LogP contribution in [0.5, 0.6) is 5.88 Å². The first kappa shape index (κ1) is 23.4. The molecule has 1 unspecified atom stereocenters.